The minimum absolute atomic E-state index is 0.212. The average Bonchev–Trinajstić information content (AvgIpc) is 3.93. The number of aromatic amines is 3. The molecule has 8 rings (SSSR count). The minimum Gasteiger partial charge on any atom is -0.354 e. The van der Waals surface area contributed by atoms with Gasteiger partial charge in [0.1, 0.15) is 20.6 Å². The Morgan fingerprint density at radius 2 is 0.800 bits per heavy atom. The highest BCUT2D eigenvalue weighted by atomic mass is 35.5. The number of fused-ring (bicyclic) bond motifs is 9. The highest BCUT2D eigenvalue weighted by molar-refractivity contribution is 7.98. The van der Waals surface area contributed by atoms with E-state index in [0.717, 1.165) is 38.7 Å². The first kappa shape index (κ1) is 33.4. The van der Waals surface area contributed by atoms with E-state index in [9.17, 15) is 0 Å². The molecule has 6 aromatic heterocycles. The predicted octanol–water partition coefficient (Wildman–Crippen LogP) is 12.0. The van der Waals surface area contributed by atoms with Crippen molar-refractivity contribution in [3.8, 4) is 33.4 Å². The third-order valence-electron chi connectivity index (χ3n) is 8.18. The second kappa shape index (κ2) is 13.4. The fourth-order valence-corrected chi connectivity index (χ4v) is 8.18. The minimum atomic E-state index is 0.212. The second-order valence-electron chi connectivity index (χ2n) is 11.0. The Bertz CT molecular complexity index is 2600. The van der Waals surface area contributed by atoms with E-state index in [1.54, 1.807) is 0 Å². The summed E-state index contributed by atoms with van der Waals surface area (Å²) in [6, 6.07) is 19.4. The van der Waals surface area contributed by atoms with Gasteiger partial charge < -0.3 is 15.0 Å². The fourth-order valence-electron chi connectivity index (χ4n) is 5.97. The maximum absolute atomic E-state index is 6.85. The van der Waals surface area contributed by atoms with E-state index in [2.05, 4.69) is 34.9 Å². The molecule has 1 aliphatic heterocycles. The molecule has 0 amide bonds. The number of hydrogen-bond donors (Lipinski definition) is 3. The molecule has 0 aliphatic carbocycles. The van der Waals surface area contributed by atoms with Gasteiger partial charge in [0.05, 0.1) is 33.5 Å². The van der Waals surface area contributed by atoms with Crippen molar-refractivity contribution in [1.82, 2.24) is 39.9 Å². The highest BCUT2D eigenvalue weighted by Gasteiger charge is 2.22. The Labute approximate surface area is 318 Å². The average molecular weight is 795 g/mol. The van der Waals surface area contributed by atoms with E-state index in [1.807, 2.05) is 85.3 Å². The van der Waals surface area contributed by atoms with E-state index in [0.29, 0.717) is 54.5 Å². The van der Waals surface area contributed by atoms with Gasteiger partial charge in [-0.05, 0) is 78.8 Å². The SMILES string of the molecule is CSc1nc(Cl)c(-c2c3nc(c(-c4ccc(Cl)cc4)c4ccc([nH]4)c(-c4c(Cl)nc(SC)nc4Cl)c4ccc([nH]4)c4ccc2[nH]4)C=C3)c(Cl)n1. The summed E-state index contributed by atoms with van der Waals surface area (Å²) in [6.45, 7) is 0. The number of halogens is 5. The summed E-state index contributed by atoms with van der Waals surface area (Å²) in [5.74, 6) is 0. The van der Waals surface area contributed by atoms with Crippen molar-refractivity contribution >= 4 is 127 Å². The summed E-state index contributed by atoms with van der Waals surface area (Å²) in [5, 5.41) is 2.42. The number of aromatic nitrogens is 8. The molecule has 1 aromatic carbocycles. The Morgan fingerprint density at radius 1 is 0.420 bits per heavy atom. The molecule has 7 aromatic rings. The molecule has 248 valence electrons. The zero-order valence-corrected chi connectivity index (χ0v) is 31.3. The number of H-pyrrole nitrogens is 3. The third-order valence-corrected chi connectivity index (χ3v) is 10.6. The highest BCUT2D eigenvalue weighted by Crippen LogP contribution is 2.42. The molecule has 0 saturated carbocycles. The van der Waals surface area contributed by atoms with Crippen LogP contribution in [0.25, 0.3) is 78.6 Å². The Morgan fingerprint density at radius 3 is 1.28 bits per heavy atom. The molecule has 0 spiro atoms. The van der Waals surface area contributed by atoms with E-state index in [1.165, 1.54) is 23.5 Å². The first-order valence-corrected chi connectivity index (χ1v) is 19.2. The molecule has 3 N–H and O–H groups in total. The molecule has 0 saturated heterocycles. The summed E-state index contributed by atoms with van der Waals surface area (Å²) in [4.78, 5) is 34.0. The zero-order valence-electron chi connectivity index (χ0n) is 25.9. The molecule has 8 nitrogen and oxygen atoms in total. The Hall–Kier alpha value is -3.74. The number of benzene rings is 1. The normalized spacial score (nSPS) is 12.0. The standard InChI is InChI=1S/C35H21Cl5N8S2/c1-49-34-45-30(37)28(31(38)46-34)26-21-9-7-17(41-21)18-8-10-22(42-18)27(29-32(39)47-35(50-2)48-33(29)40)24-14-12-20(44-24)25(19-11-13-23(26)43-19)15-3-5-16(36)6-4-15/h3-14,41-43H,1-2H3. The van der Waals surface area contributed by atoms with Crippen LogP contribution in [-0.2, 0) is 0 Å². The van der Waals surface area contributed by atoms with E-state index in [-0.39, 0.29) is 20.6 Å². The van der Waals surface area contributed by atoms with Crippen LogP contribution in [0.2, 0.25) is 25.6 Å². The predicted molar refractivity (Wildman–Crippen MR) is 211 cm³/mol. The summed E-state index contributed by atoms with van der Waals surface area (Å²) >= 11 is 36.4. The van der Waals surface area contributed by atoms with Gasteiger partial charge in [-0.2, -0.15) is 0 Å². The molecule has 0 fully saturated rings. The lowest BCUT2D eigenvalue weighted by Gasteiger charge is -2.09. The van der Waals surface area contributed by atoms with E-state index in [4.69, 9.17) is 63.0 Å². The van der Waals surface area contributed by atoms with Crippen LogP contribution in [0.4, 0.5) is 0 Å². The molecule has 50 heavy (non-hydrogen) atoms. The third kappa shape index (κ3) is 5.92. The van der Waals surface area contributed by atoms with Crippen LogP contribution < -0.4 is 0 Å². The Balaban J connectivity index is 1.56. The second-order valence-corrected chi connectivity index (χ2v) is 14.5. The first-order valence-electron chi connectivity index (χ1n) is 14.9. The van der Waals surface area contributed by atoms with Crippen molar-refractivity contribution in [2.24, 2.45) is 0 Å². The molecule has 1 aliphatic rings. The summed E-state index contributed by atoms with van der Waals surface area (Å²) in [6.07, 6.45) is 7.62. The maximum atomic E-state index is 6.85. The smallest absolute Gasteiger partial charge is 0.190 e. The molecular formula is C35H21Cl5N8S2. The van der Waals surface area contributed by atoms with Crippen LogP contribution in [0.3, 0.4) is 0 Å². The van der Waals surface area contributed by atoms with Gasteiger partial charge in [0.2, 0.25) is 0 Å². The van der Waals surface area contributed by atoms with Crippen molar-refractivity contribution in [2.45, 2.75) is 10.3 Å². The fraction of sp³-hybridized carbons (Fsp3) is 0.0571. The molecule has 8 bridgehead atoms. The van der Waals surface area contributed by atoms with E-state index >= 15 is 0 Å². The van der Waals surface area contributed by atoms with Gasteiger partial charge >= 0.3 is 0 Å². The summed E-state index contributed by atoms with van der Waals surface area (Å²) < 4.78 is 0. The van der Waals surface area contributed by atoms with Gasteiger partial charge in [0.25, 0.3) is 0 Å². The largest absolute Gasteiger partial charge is 0.354 e. The lowest BCUT2D eigenvalue weighted by molar-refractivity contribution is 0.974. The lowest BCUT2D eigenvalue weighted by Crippen LogP contribution is -1.95. The van der Waals surface area contributed by atoms with Crippen LogP contribution in [0.1, 0.15) is 11.4 Å². The topological polar surface area (TPSA) is 112 Å². The van der Waals surface area contributed by atoms with Crippen molar-refractivity contribution in [3.05, 3.63) is 97.7 Å². The van der Waals surface area contributed by atoms with Crippen molar-refractivity contribution in [1.29, 1.82) is 0 Å². The van der Waals surface area contributed by atoms with Gasteiger partial charge in [0, 0.05) is 43.8 Å². The summed E-state index contributed by atoms with van der Waals surface area (Å²) in [5.41, 5.74) is 9.87. The Kier molecular flexibility index (Phi) is 8.97. The van der Waals surface area contributed by atoms with Gasteiger partial charge in [-0.1, -0.05) is 93.7 Å². The molecule has 0 unspecified atom stereocenters. The molecule has 0 radical (unpaired) electrons. The van der Waals surface area contributed by atoms with Gasteiger partial charge in [-0.25, -0.2) is 24.9 Å². The van der Waals surface area contributed by atoms with Crippen LogP contribution in [0.15, 0.2) is 71.0 Å². The maximum Gasteiger partial charge on any atom is 0.190 e. The number of nitrogens with one attached hydrogen (secondary N) is 3. The van der Waals surface area contributed by atoms with Gasteiger partial charge in [-0.15, -0.1) is 0 Å². The zero-order chi connectivity index (χ0) is 34.7. The van der Waals surface area contributed by atoms with Crippen molar-refractivity contribution < 1.29 is 0 Å². The van der Waals surface area contributed by atoms with Gasteiger partial charge in [-0.3, -0.25) is 0 Å². The number of hydrogen-bond acceptors (Lipinski definition) is 7. The van der Waals surface area contributed by atoms with Crippen LogP contribution in [-0.4, -0.2) is 52.4 Å². The quantitative estimate of drug-likeness (QED) is 0.0903. The van der Waals surface area contributed by atoms with Crippen LogP contribution in [0.5, 0.6) is 0 Å². The summed E-state index contributed by atoms with van der Waals surface area (Å²) in [7, 11) is 0. The van der Waals surface area contributed by atoms with Crippen molar-refractivity contribution in [3.63, 3.8) is 0 Å². The monoisotopic (exact) mass is 792 g/mol. The molecule has 0 atom stereocenters. The molecular weight excluding hydrogens is 774 g/mol. The molecule has 15 heteroatoms. The van der Waals surface area contributed by atoms with Crippen molar-refractivity contribution in [2.75, 3.05) is 12.5 Å². The van der Waals surface area contributed by atoms with Crippen LogP contribution >= 0.6 is 81.5 Å². The van der Waals surface area contributed by atoms with Crippen LogP contribution in [0, 0.1) is 0 Å². The first-order chi connectivity index (χ1) is 24.2. The van der Waals surface area contributed by atoms with Gasteiger partial charge in [0.15, 0.2) is 10.3 Å². The number of nitrogens with zero attached hydrogens (tertiary/aromatic N) is 5. The number of thioether (sulfide) groups is 2. The number of rotatable bonds is 5. The molecule has 7 heterocycles. The van der Waals surface area contributed by atoms with E-state index < -0.39 is 0 Å². The lowest BCUT2D eigenvalue weighted by atomic mass is 10.0.